The molecule has 0 saturated carbocycles. The lowest BCUT2D eigenvalue weighted by atomic mass is 9.96. The molecular formula is C17H26N2O3S. The number of hydrogen-bond acceptors (Lipinski definition) is 4. The Hall–Kier alpha value is -1.56. The Morgan fingerprint density at radius 3 is 2.52 bits per heavy atom. The molecule has 5 nitrogen and oxygen atoms in total. The van der Waals surface area contributed by atoms with Gasteiger partial charge in [-0.1, -0.05) is 6.07 Å². The van der Waals surface area contributed by atoms with Gasteiger partial charge in [-0.3, -0.25) is 4.79 Å². The van der Waals surface area contributed by atoms with Crippen LogP contribution in [0.3, 0.4) is 0 Å². The maximum absolute atomic E-state index is 12.4. The van der Waals surface area contributed by atoms with E-state index in [1.807, 2.05) is 45.2 Å². The summed E-state index contributed by atoms with van der Waals surface area (Å²) in [6.07, 6.45) is 1.08. The zero-order chi connectivity index (χ0) is 17.0. The maximum atomic E-state index is 12.4. The average molecular weight is 338 g/mol. The number of ether oxygens (including phenoxy) is 1. The summed E-state index contributed by atoms with van der Waals surface area (Å²) in [4.78, 5) is 27.2. The Morgan fingerprint density at radius 2 is 2.00 bits per heavy atom. The van der Waals surface area contributed by atoms with Gasteiger partial charge in [0.05, 0.1) is 6.04 Å². The molecule has 1 saturated heterocycles. The van der Waals surface area contributed by atoms with Crippen LogP contribution in [0.25, 0.3) is 0 Å². The van der Waals surface area contributed by atoms with E-state index in [0.29, 0.717) is 25.9 Å². The number of rotatable bonds is 3. The lowest BCUT2D eigenvalue weighted by Crippen LogP contribution is -2.45. The van der Waals surface area contributed by atoms with E-state index in [-0.39, 0.29) is 24.0 Å². The third-order valence-corrected chi connectivity index (χ3v) is 4.90. The molecular weight excluding hydrogens is 312 g/mol. The molecule has 128 valence electrons. The van der Waals surface area contributed by atoms with E-state index in [1.165, 1.54) is 0 Å². The van der Waals surface area contributed by atoms with Crippen molar-refractivity contribution in [2.24, 2.45) is 5.92 Å². The standard InChI is InChI=1S/C17H26N2O3S/c1-12(14-6-5-11-23-14)18-15(20)13-7-9-19(10-8-13)16(21)22-17(2,3)4/h5-6,11-13H,7-10H2,1-4H3,(H,18,20)/t12-/m1/s1. The fourth-order valence-corrected chi connectivity index (χ4v) is 3.33. The summed E-state index contributed by atoms with van der Waals surface area (Å²) in [5.41, 5.74) is -0.485. The first-order valence-corrected chi connectivity index (χ1v) is 8.96. The summed E-state index contributed by atoms with van der Waals surface area (Å²) in [5.74, 6) is 0.0471. The lowest BCUT2D eigenvalue weighted by Gasteiger charge is -2.33. The van der Waals surface area contributed by atoms with Crippen LogP contribution in [-0.4, -0.2) is 35.6 Å². The maximum Gasteiger partial charge on any atom is 0.410 e. The van der Waals surface area contributed by atoms with Crippen molar-refractivity contribution in [3.63, 3.8) is 0 Å². The molecule has 2 rings (SSSR count). The number of amides is 2. The number of likely N-dealkylation sites (tertiary alicyclic amines) is 1. The van der Waals surface area contributed by atoms with Gasteiger partial charge in [-0.15, -0.1) is 11.3 Å². The van der Waals surface area contributed by atoms with Gasteiger partial charge in [0.2, 0.25) is 5.91 Å². The van der Waals surface area contributed by atoms with Crippen molar-refractivity contribution in [3.05, 3.63) is 22.4 Å². The normalized spacial score (nSPS) is 17.7. The molecule has 2 amide bonds. The predicted octanol–water partition coefficient (Wildman–Crippen LogP) is 3.57. The molecule has 2 heterocycles. The van der Waals surface area contributed by atoms with E-state index in [4.69, 9.17) is 4.74 Å². The lowest BCUT2D eigenvalue weighted by molar-refractivity contribution is -0.127. The molecule has 1 aliphatic heterocycles. The van der Waals surface area contributed by atoms with E-state index in [0.717, 1.165) is 4.88 Å². The number of piperidine rings is 1. The van der Waals surface area contributed by atoms with Gasteiger partial charge in [-0.2, -0.15) is 0 Å². The number of carbonyl (C=O) groups is 2. The predicted molar refractivity (Wildman–Crippen MR) is 91.4 cm³/mol. The van der Waals surface area contributed by atoms with Gasteiger partial charge >= 0.3 is 6.09 Å². The highest BCUT2D eigenvalue weighted by atomic mass is 32.1. The molecule has 23 heavy (non-hydrogen) atoms. The Balaban J connectivity index is 1.79. The van der Waals surface area contributed by atoms with Crippen LogP contribution in [0, 0.1) is 5.92 Å². The van der Waals surface area contributed by atoms with E-state index < -0.39 is 5.60 Å². The summed E-state index contributed by atoms with van der Waals surface area (Å²) in [5, 5.41) is 5.08. The molecule has 1 aromatic heterocycles. The van der Waals surface area contributed by atoms with Crippen LogP contribution in [0.4, 0.5) is 4.79 Å². The fraction of sp³-hybridized carbons (Fsp3) is 0.647. The zero-order valence-corrected chi connectivity index (χ0v) is 15.1. The van der Waals surface area contributed by atoms with Crippen molar-refractivity contribution in [2.45, 2.75) is 52.2 Å². The topological polar surface area (TPSA) is 58.6 Å². The van der Waals surface area contributed by atoms with Crippen LogP contribution >= 0.6 is 11.3 Å². The number of thiophene rings is 1. The SMILES string of the molecule is C[C@@H](NC(=O)C1CCN(C(=O)OC(C)(C)C)CC1)c1cccs1. The third-order valence-electron chi connectivity index (χ3n) is 3.85. The van der Waals surface area contributed by atoms with Crippen molar-refractivity contribution >= 4 is 23.3 Å². The number of carbonyl (C=O) groups excluding carboxylic acids is 2. The van der Waals surface area contributed by atoms with Gasteiger partial charge in [0.25, 0.3) is 0 Å². The zero-order valence-electron chi connectivity index (χ0n) is 14.3. The van der Waals surface area contributed by atoms with Gasteiger partial charge in [-0.05, 0) is 52.0 Å². The van der Waals surface area contributed by atoms with Crippen molar-refractivity contribution < 1.29 is 14.3 Å². The van der Waals surface area contributed by atoms with Crippen molar-refractivity contribution in [3.8, 4) is 0 Å². The molecule has 1 aromatic rings. The first kappa shape index (κ1) is 17.8. The number of nitrogens with zero attached hydrogens (tertiary/aromatic N) is 1. The minimum atomic E-state index is -0.485. The summed E-state index contributed by atoms with van der Waals surface area (Å²) in [7, 11) is 0. The average Bonchev–Trinajstić information content (AvgIpc) is 3.00. The van der Waals surface area contributed by atoms with Crippen LogP contribution in [-0.2, 0) is 9.53 Å². The molecule has 0 spiro atoms. The second kappa shape index (κ2) is 7.34. The molecule has 6 heteroatoms. The van der Waals surface area contributed by atoms with Crippen molar-refractivity contribution in [1.82, 2.24) is 10.2 Å². The van der Waals surface area contributed by atoms with Crippen LogP contribution in [0.5, 0.6) is 0 Å². The monoisotopic (exact) mass is 338 g/mol. The molecule has 0 aromatic carbocycles. The van der Waals surface area contributed by atoms with Gasteiger partial charge in [0.1, 0.15) is 5.60 Å². The van der Waals surface area contributed by atoms with Gasteiger partial charge < -0.3 is 15.0 Å². The minimum absolute atomic E-state index is 0.0314. The molecule has 0 aliphatic carbocycles. The van der Waals surface area contributed by atoms with Crippen LogP contribution in [0.2, 0.25) is 0 Å². The van der Waals surface area contributed by atoms with Gasteiger partial charge in [-0.25, -0.2) is 4.79 Å². The van der Waals surface area contributed by atoms with Crippen LogP contribution in [0.15, 0.2) is 17.5 Å². The largest absolute Gasteiger partial charge is 0.444 e. The van der Waals surface area contributed by atoms with Gasteiger partial charge in [0.15, 0.2) is 0 Å². The second-order valence-electron chi connectivity index (χ2n) is 6.99. The fourth-order valence-electron chi connectivity index (χ4n) is 2.59. The van der Waals surface area contributed by atoms with E-state index in [1.54, 1.807) is 16.2 Å². The summed E-state index contributed by atoms with van der Waals surface area (Å²) in [6.45, 7) is 8.71. The Morgan fingerprint density at radius 1 is 1.35 bits per heavy atom. The number of nitrogens with one attached hydrogen (secondary N) is 1. The van der Waals surface area contributed by atoms with Crippen LogP contribution < -0.4 is 5.32 Å². The highest BCUT2D eigenvalue weighted by Gasteiger charge is 2.30. The molecule has 0 bridgehead atoms. The minimum Gasteiger partial charge on any atom is -0.444 e. The smallest absolute Gasteiger partial charge is 0.410 e. The van der Waals surface area contributed by atoms with E-state index in [9.17, 15) is 9.59 Å². The highest BCUT2D eigenvalue weighted by Crippen LogP contribution is 2.23. The van der Waals surface area contributed by atoms with E-state index in [2.05, 4.69) is 5.32 Å². The second-order valence-corrected chi connectivity index (χ2v) is 7.97. The molecule has 0 unspecified atom stereocenters. The summed E-state index contributed by atoms with van der Waals surface area (Å²) < 4.78 is 5.37. The summed E-state index contributed by atoms with van der Waals surface area (Å²) >= 11 is 1.65. The molecule has 1 atom stereocenters. The molecule has 1 aliphatic rings. The van der Waals surface area contributed by atoms with Crippen molar-refractivity contribution in [2.75, 3.05) is 13.1 Å². The summed E-state index contributed by atoms with van der Waals surface area (Å²) in [6, 6.07) is 4.05. The third kappa shape index (κ3) is 5.23. The first-order valence-electron chi connectivity index (χ1n) is 8.08. The van der Waals surface area contributed by atoms with Crippen molar-refractivity contribution in [1.29, 1.82) is 0 Å². The Labute approximate surface area is 142 Å². The molecule has 0 radical (unpaired) electrons. The Bertz CT molecular complexity index is 529. The first-order chi connectivity index (χ1) is 10.8. The van der Waals surface area contributed by atoms with Gasteiger partial charge in [0, 0.05) is 23.9 Å². The van der Waals surface area contributed by atoms with Crippen LogP contribution in [0.1, 0.15) is 51.5 Å². The highest BCUT2D eigenvalue weighted by molar-refractivity contribution is 7.10. The molecule has 1 fully saturated rings. The van der Waals surface area contributed by atoms with E-state index >= 15 is 0 Å². The number of hydrogen-bond donors (Lipinski definition) is 1. The Kier molecular flexibility index (Phi) is 5.68. The molecule has 1 N–H and O–H groups in total. The quantitative estimate of drug-likeness (QED) is 0.916.